The molecule has 0 saturated heterocycles. The van der Waals surface area contributed by atoms with Crippen molar-refractivity contribution in [3.8, 4) is 22.4 Å². The van der Waals surface area contributed by atoms with Crippen LogP contribution in [-0.4, -0.2) is 11.2 Å². The highest BCUT2D eigenvalue weighted by Gasteiger charge is 2.25. The first-order valence-corrected chi connectivity index (χ1v) is 16.4. The van der Waals surface area contributed by atoms with Crippen molar-refractivity contribution in [2.45, 2.75) is 24.7 Å². The fraction of sp³-hybridized carbons (Fsp3) is 0.0952. The van der Waals surface area contributed by atoms with Crippen LogP contribution in [0.4, 0.5) is 0 Å². The molecule has 2 heteroatoms. The molecule has 1 aromatic heterocycles. The topological polar surface area (TPSA) is 15.8 Å². The lowest BCUT2D eigenvalue weighted by atomic mass is 9.89. The molecule has 44 heavy (non-hydrogen) atoms. The van der Waals surface area contributed by atoms with Gasteiger partial charge in [-0.2, -0.15) is 0 Å². The quantitative estimate of drug-likeness (QED) is 0.157. The number of H-pyrrole nitrogens is 1. The summed E-state index contributed by atoms with van der Waals surface area (Å²) < 4.78 is 0. The standard InChI is InChI=1S/C31H23NS.C11H12/c1-33-28-11-3-2-8-23(28)20-14-12-19(13-15-20)22-16-17-24-27(18-22)32-31-26-10-5-7-21-6-4-9-25(29(21)26)30(24)31;1-3-4-8-11-9-6-5-7-10(11)2/h2-12,14,16-18,32H,13,15H2,1H3;3-9H,1H2,2H3/b;8-4-. The Morgan fingerprint density at radius 3 is 2.25 bits per heavy atom. The van der Waals surface area contributed by atoms with Crippen LogP contribution in [0.2, 0.25) is 0 Å². The molecule has 1 N–H and O–H groups in total. The zero-order valence-corrected chi connectivity index (χ0v) is 26.0. The van der Waals surface area contributed by atoms with Gasteiger partial charge in [0.05, 0.1) is 5.69 Å². The van der Waals surface area contributed by atoms with Crippen molar-refractivity contribution in [2.75, 3.05) is 6.26 Å². The first-order chi connectivity index (χ1) is 21.7. The van der Waals surface area contributed by atoms with Gasteiger partial charge in [-0.25, -0.2) is 0 Å². The summed E-state index contributed by atoms with van der Waals surface area (Å²) in [5.41, 5.74) is 14.6. The van der Waals surface area contributed by atoms with Crippen molar-refractivity contribution < 1.29 is 0 Å². The third-order valence-electron chi connectivity index (χ3n) is 8.82. The summed E-state index contributed by atoms with van der Waals surface area (Å²) in [5.74, 6) is 0. The predicted molar refractivity (Wildman–Crippen MR) is 194 cm³/mol. The van der Waals surface area contributed by atoms with Crippen LogP contribution in [0.1, 0.15) is 35.1 Å². The zero-order chi connectivity index (χ0) is 30.0. The second kappa shape index (κ2) is 12.1. The maximum Gasteiger partial charge on any atom is 0.0551 e. The molecular weight excluding hydrogens is 551 g/mol. The summed E-state index contributed by atoms with van der Waals surface area (Å²) in [5, 5.41) is 4.02. The van der Waals surface area contributed by atoms with Crippen LogP contribution in [0.5, 0.6) is 0 Å². The Kier molecular flexibility index (Phi) is 7.68. The van der Waals surface area contributed by atoms with E-state index in [9.17, 15) is 0 Å². The highest BCUT2D eigenvalue weighted by Crippen LogP contribution is 2.50. The summed E-state index contributed by atoms with van der Waals surface area (Å²) >= 11 is 1.83. The van der Waals surface area contributed by atoms with Crippen LogP contribution < -0.4 is 0 Å². The minimum Gasteiger partial charge on any atom is -0.354 e. The zero-order valence-electron chi connectivity index (χ0n) is 25.2. The van der Waals surface area contributed by atoms with Crippen molar-refractivity contribution in [3.05, 3.63) is 156 Å². The lowest BCUT2D eigenvalue weighted by molar-refractivity contribution is 1.06. The molecule has 0 atom stereocenters. The summed E-state index contributed by atoms with van der Waals surface area (Å²) in [6.45, 7) is 5.72. The molecular formula is C42H35NS. The van der Waals surface area contributed by atoms with E-state index in [1.165, 1.54) is 82.4 Å². The first kappa shape index (κ1) is 28.0. The van der Waals surface area contributed by atoms with E-state index >= 15 is 0 Å². The number of aromatic amines is 1. The highest BCUT2D eigenvalue weighted by atomic mass is 32.2. The van der Waals surface area contributed by atoms with Gasteiger partial charge in [-0.3, -0.25) is 0 Å². The Balaban J connectivity index is 0.000000242. The maximum absolute atomic E-state index is 3.77. The van der Waals surface area contributed by atoms with Crippen LogP contribution in [0.25, 0.3) is 61.3 Å². The SMILES string of the molecule is C=C/C=C\c1ccccc1C.CSc1ccccc1C1=CC=C(c2ccc3c4c([nH]c3c2)-c2cccc3cccc-4c23)CC1. The van der Waals surface area contributed by atoms with E-state index in [4.69, 9.17) is 0 Å². The van der Waals surface area contributed by atoms with Crippen LogP contribution in [0, 0.1) is 6.92 Å². The number of aromatic nitrogens is 1. The summed E-state index contributed by atoms with van der Waals surface area (Å²) in [4.78, 5) is 5.13. The lowest BCUT2D eigenvalue weighted by Gasteiger charge is -2.17. The molecule has 0 bridgehead atoms. The minimum absolute atomic E-state index is 1.07. The molecule has 6 aromatic rings. The van der Waals surface area contributed by atoms with Gasteiger partial charge >= 0.3 is 0 Å². The molecule has 0 spiro atoms. The molecule has 2 aliphatic rings. The number of allylic oxidation sites excluding steroid dienone is 6. The molecule has 8 rings (SSSR count). The molecule has 0 amide bonds. The van der Waals surface area contributed by atoms with Gasteiger partial charge < -0.3 is 4.98 Å². The van der Waals surface area contributed by atoms with Crippen LogP contribution in [0.15, 0.2) is 139 Å². The largest absolute Gasteiger partial charge is 0.354 e. The molecule has 0 aliphatic heterocycles. The third kappa shape index (κ3) is 5.06. The van der Waals surface area contributed by atoms with E-state index in [1.807, 2.05) is 30.0 Å². The van der Waals surface area contributed by atoms with Crippen molar-refractivity contribution in [1.82, 2.24) is 4.98 Å². The first-order valence-electron chi connectivity index (χ1n) is 15.2. The molecule has 0 fully saturated rings. The van der Waals surface area contributed by atoms with Crippen LogP contribution in [-0.2, 0) is 0 Å². The fourth-order valence-electron chi connectivity index (χ4n) is 6.59. The second-order valence-corrected chi connectivity index (χ2v) is 12.2. The van der Waals surface area contributed by atoms with Gasteiger partial charge in [-0.05, 0) is 87.9 Å². The van der Waals surface area contributed by atoms with Crippen molar-refractivity contribution in [2.24, 2.45) is 0 Å². The van der Waals surface area contributed by atoms with Crippen LogP contribution >= 0.6 is 11.8 Å². The molecule has 0 saturated carbocycles. The van der Waals surface area contributed by atoms with E-state index in [1.54, 1.807) is 6.08 Å². The average molecular weight is 586 g/mol. The van der Waals surface area contributed by atoms with E-state index in [2.05, 4.69) is 134 Å². The number of aryl methyl sites for hydroxylation is 1. The molecule has 1 heterocycles. The number of benzene rings is 5. The third-order valence-corrected chi connectivity index (χ3v) is 9.61. The van der Waals surface area contributed by atoms with Gasteiger partial charge in [-0.1, -0.05) is 128 Å². The van der Waals surface area contributed by atoms with Crippen LogP contribution in [0.3, 0.4) is 0 Å². The predicted octanol–water partition coefficient (Wildman–Crippen LogP) is 12.1. The Bertz CT molecular complexity index is 2130. The lowest BCUT2D eigenvalue weighted by Crippen LogP contribution is -1.95. The van der Waals surface area contributed by atoms with Crippen molar-refractivity contribution in [1.29, 1.82) is 0 Å². The van der Waals surface area contributed by atoms with E-state index in [0.29, 0.717) is 0 Å². The van der Waals surface area contributed by atoms with E-state index < -0.39 is 0 Å². The normalized spacial score (nSPS) is 13.4. The van der Waals surface area contributed by atoms with Gasteiger partial charge in [0.1, 0.15) is 0 Å². The smallest absolute Gasteiger partial charge is 0.0551 e. The highest BCUT2D eigenvalue weighted by molar-refractivity contribution is 7.98. The van der Waals surface area contributed by atoms with Crippen molar-refractivity contribution in [3.63, 3.8) is 0 Å². The summed E-state index contributed by atoms with van der Waals surface area (Å²) in [7, 11) is 0. The number of rotatable bonds is 5. The Morgan fingerprint density at radius 2 is 1.48 bits per heavy atom. The van der Waals surface area contributed by atoms with Gasteiger partial charge in [0.25, 0.3) is 0 Å². The maximum atomic E-state index is 3.77. The molecule has 0 unspecified atom stereocenters. The molecule has 2 aliphatic carbocycles. The van der Waals surface area contributed by atoms with E-state index in [0.717, 1.165) is 12.8 Å². The van der Waals surface area contributed by atoms with E-state index in [-0.39, 0.29) is 0 Å². The fourth-order valence-corrected chi connectivity index (χ4v) is 7.23. The second-order valence-electron chi connectivity index (χ2n) is 11.4. The van der Waals surface area contributed by atoms with Gasteiger partial charge in [0, 0.05) is 26.9 Å². The summed E-state index contributed by atoms with van der Waals surface area (Å²) in [6, 6.07) is 37.3. The molecule has 0 radical (unpaired) electrons. The Hall–Kier alpha value is -4.79. The molecule has 1 nitrogen and oxygen atoms in total. The molecule has 5 aromatic carbocycles. The van der Waals surface area contributed by atoms with Gasteiger partial charge in [0.2, 0.25) is 0 Å². The number of fused-ring (bicyclic) bond motifs is 5. The number of hydrogen-bond donors (Lipinski definition) is 1. The number of nitrogens with one attached hydrogen (secondary N) is 1. The monoisotopic (exact) mass is 585 g/mol. The number of hydrogen-bond acceptors (Lipinski definition) is 1. The minimum atomic E-state index is 1.07. The Morgan fingerprint density at radius 1 is 0.750 bits per heavy atom. The van der Waals surface area contributed by atoms with Gasteiger partial charge in [0.15, 0.2) is 0 Å². The average Bonchev–Trinajstić information content (AvgIpc) is 3.61. The summed E-state index contributed by atoms with van der Waals surface area (Å²) in [6.07, 6.45) is 14.7. The van der Waals surface area contributed by atoms with Crippen molar-refractivity contribution >= 4 is 50.7 Å². The number of thioether (sulfide) groups is 1. The Labute approximate surface area is 264 Å². The van der Waals surface area contributed by atoms with Gasteiger partial charge in [-0.15, -0.1) is 11.8 Å². The molecule has 214 valence electrons.